The van der Waals surface area contributed by atoms with Crippen molar-refractivity contribution in [1.29, 1.82) is 0 Å². The molecular weight excluding hydrogens is 488 g/mol. The zero-order chi connectivity index (χ0) is 24.5. The maximum absolute atomic E-state index is 14.3. The van der Waals surface area contributed by atoms with Crippen molar-refractivity contribution in [2.24, 2.45) is 0 Å². The molecule has 3 heterocycles. The van der Waals surface area contributed by atoms with Gasteiger partial charge in [-0.25, -0.2) is 9.97 Å². The van der Waals surface area contributed by atoms with Gasteiger partial charge in [0.15, 0.2) is 5.13 Å². The Bertz CT molecular complexity index is 1700. The van der Waals surface area contributed by atoms with Gasteiger partial charge in [-0.3, -0.25) is 14.7 Å². The average molecular weight is 507 g/mol. The number of halogens is 1. The highest BCUT2D eigenvalue weighted by Gasteiger charge is 2.25. The van der Waals surface area contributed by atoms with Crippen molar-refractivity contribution < 1.29 is 4.79 Å². The Kier molecular flexibility index (Phi) is 5.89. The number of carbonyl (C=O) groups is 1. The summed E-state index contributed by atoms with van der Waals surface area (Å²) >= 11 is 7.86. The second-order valence-corrected chi connectivity index (χ2v) is 9.69. The molecule has 0 N–H and O–H groups in total. The Hall–Kier alpha value is -4.13. The molecule has 174 valence electrons. The Morgan fingerprint density at radius 1 is 0.889 bits per heavy atom. The van der Waals surface area contributed by atoms with Crippen LogP contribution in [0.4, 0.5) is 5.13 Å². The monoisotopic (exact) mass is 506 g/mol. The number of nitrogens with zero attached hydrogens (tertiary/aromatic N) is 4. The maximum atomic E-state index is 14.3. The largest absolute Gasteiger partial charge is 0.279 e. The van der Waals surface area contributed by atoms with Crippen LogP contribution >= 0.6 is 22.9 Å². The molecule has 36 heavy (non-hydrogen) atoms. The lowest BCUT2D eigenvalue weighted by molar-refractivity contribution is 0.0986. The van der Waals surface area contributed by atoms with Crippen LogP contribution in [0.2, 0.25) is 5.02 Å². The number of amides is 1. The van der Waals surface area contributed by atoms with Crippen molar-refractivity contribution in [3.63, 3.8) is 0 Å². The van der Waals surface area contributed by atoms with Gasteiger partial charge in [-0.1, -0.05) is 83.6 Å². The summed E-state index contributed by atoms with van der Waals surface area (Å²) in [4.78, 5) is 29.9. The lowest BCUT2D eigenvalue weighted by atomic mass is 10.0. The molecule has 6 rings (SSSR count). The minimum Gasteiger partial charge on any atom is -0.279 e. The lowest BCUT2D eigenvalue weighted by Crippen LogP contribution is -2.30. The number of hydrogen-bond donors (Lipinski definition) is 0. The second kappa shape index (κ2) is 9.49. The number of anilines is 1. The molecule has 0 saturated carbocycles. The van der Waals surface area contributed by atoms with Crippen LogP contribution in [0.15, 0.2) is 103 Å². The summed E-state index contributed by atoms with van der Waals surface area (Å²) in [6.45, 7) is 0.321. The van der Waals surface area contributed by atoms with Crippen LogP contribution in [0.1, 0.15) is 15.9 Å². The summed E-state index contributed by atoms with van der Waals surface area (Å²) in [5, 5.41) is 1.93. The molecule has 6 aromatic rings. The third kappa shape index (κ3) is 4.21. The van der Waals surface area contributed by atoms with E-state index < -0.39 is 0 Å². The van der Waals surface area contributed by atoms with Gasteiger partial charge in [-0.05, 0) is 35.9 Å². The van der Waals surface area contributed by atoms with Crippen LogP contribution < -0.4 is 4.90 Å². The van der Waals surface area contributed by atoms with Crippen LogP contribution in [-0.4, -0.2) is 20.9 Å². The molecule has 0 fully saturated rings. The van der Waals surface area contributed by atoms with E-state index in [-0.39, 0.29) is 5.91 Å². The number of thiazole rings is 1. The summed E-state index contributed by atoms with van der Waals surface area (Å²) < 4.78 is 0.922. The number of benzene rings is 3. The van der Waals surface area contributed by atoms with E-state index in [0.717, 1.165) is 32.4 Å². The van der Waals surface area contributed by atoms with Crippen LogP contribution in [0.25, 0.3) is 32.4 Å². The summed E-state index contributed by atoms with van der Waals surface area (Å²) in [5.74, 6) is -0.162. The quantitative estimate of drug-likeness (QED) is 0.244. The molecule has 1 amide bonds. The molecule has 0 aliphatic carbocycles. The highest BCUT2D eigenvalue weighted by molar-refractivity contribution is 7.22. The highest BCUT2D eigenvalue weighted by Crippen LogP contribution is 2.35. The molecule has 0 bridgehead atoms. The van der Waals surface area contributed by atoms with E-state index in [4.69, 9.17) is 21.6 Å². The maximum Gasteiger partial charge on any atom is 0.261 e. The van der Waals surface area contributed by atoms with Crippen molar-refractivity contribution in [3.8, 4) is 11.3 Å². The second-order valence-electron chi connectivity index (χ2n) is 8.27. The van der Waals surface area contributed by atoms with Crippen LogP contribution in [-0.2, 0) is 6.54 Å². The summed E-state index contributed by atoms with van der Waals surface area (Å²) in [7, 11) is 0. The number of para-hydroxylation sites is 2. The van der Waals surface area contributed by atoms with E-state index in [1.807, 2.05) is 91.0 Å². The third-order valence-corrected chi connectivity index (χ3v) is 7.26. The van der Waals surface area contributed by atoms with Crippen LogP contribution in [0, 0.1) is 0 Å². The van der Waals surface area contributed by atoms with E-state index >= 15 is 0 Å². The minimum absolute atomic E-state index is 0.162. The number of fused-ring (bicyclic) bond motifs is 2. The first-order valence-corrected chi connectivity index (χ1v) is 12.6. The van der Waals surface area contributed by atoms with Gasteiger partial charge < -0.3 is 0 Å². The first-order chi connectivity index (χ1) is 17.7. The van der Waals surface area contributed by atoms with Crippen molar-refractivity contribution in [1.82, 2.24) is 15.0 Å². The fourth-order valence-electron chi connectivity index (χ4n) is 4.17. The van der Waals surface area contributed by atoms with Crippen LogP contribution in [0.3, 0.4) is 0 Å². The van der Waals surface area contributed by atoms with Crippen molar-refractivity contribution in [2.45, 2.75) is 6.54 Å². The Labute approximate surface area is 216 Å². The molecule has 0 aliphatic heterocycles. The normalized spacial score (nSPS) is 11.1. The molecule has 0 saturated heterocycles. The molecule has 0 spiro atoms. The van der Waals surface area contributed by atoms with E-state index in [0.29, 0.717) is 27.8 Å². The highest BCUT2D eigenvalue weighted by atomic mass is 35.5. The fraction of sp³-hybridized carbons (Fsp3) is 0.0345. The van der Waals surface area contributed by atoms with Gasteiger partial charge >= 0.3 is 0 Å². The van der Waals surface area contributed by atoms with E-state index in [1.54, 1.807) is 17.3 Å². The smallest absolute Gasteiger partial charge is 0.261 e. The fourth-order valence-corrected chi connectivity index (χ4v) is 5.44. The number of aromatic nitrogens is 3. The van der Waals surface area contributed by atoms with Gasteiger partial charge in [0, 0.05) is 23.3 Å². The van der Waals surface area contributed by atoms with Crippen LogP contribution in [0.5, 0.6) is 0 Å². The standard InChI is InChI=1S/C29H19ClN4OS/c30-23-12-6-14-26-27(23)33-29(36-26)34(18-19-8-7-15-31-17-19)28(35)22-16-25(20-9-2-1-3-10-20)32-24-13-5-4-11-21(22)24/h1-17H,18H2. The van der Waals surface area contributed by atoms with Crippen molar-refractivity contribution in [3.05, 3.63) is 120 Å². The molecule has 3 aromatic carbocycles. The predicted molar refractivity (Wildman–Crippen MR) is 147 cm³/mol. The number of carbonyl (C=O) groups excluding carboxylic acids is 1. The van der Waals surface area contributed by atoms with Gasteiger partial charge in [0.2, 0.25) is 0 Å². The number of pyridine rings is 2. The first-order valence-electron chi connectivity index (χ1n) is 11.4. The molecule has 0 atom stereocenters. The summed E-state index contributed by atoms with van der Waals surface area (Å²) in [6.07, 6.45) is 3.48. The molecule has 7 heteroatoms. The lowest BCUT2D eigenvalue weighted by Gasteiger charge is -2.21. The number of hydrogen-bond acceptors (Lipinski definition) is 5. The molecule has 0 unspecified atom stereocenters. The third-order valence-electron chi connectivity index (χ3n) is 5.91. The Morgan fingerprint density at radius 3 is 2.53 bits per heavy atom. The van der Waals surface area contributed by atoms with Gasteiger partial charge in [0.05, 0.1) is 33.0 Å². The number of rotatable bonds is 5. The van der Waals surface area contributed by atoms with Gasteiger partial charge in [0.1, 0.15) is 5.52 Å². The summed E-state index contributed by atoms with van der Waals surface area (Å²) in [6, 6.07) is 29.0. The van der Waals surface area contributed by atoms with E-state index in [9.17, 15) is 4.79 Å². The SMILES string of the molecule is O=C(c1cc(-c2ccccc2)nc2ccccc12)N(Cc1cccnc1)c1nc2c(Cl)cccc2s1. The predicted octanol–water partition coefficient (Wildman–Crippen LogP) is 7.41. The van der Waals surface area contributed by atoms with Gasteiger partial charge in [-0.2, -0.15) is 0 Å². The minimum atomic E-state index is -0.162. The van der Waals surface area contributed by atoms with E-state index in [2.05, 4.69) is 4.98 Å². The molecular formula is C29H19ClN4OS. The Balaban J connectivity index is 1.53. The zero-order valence-electron chi connectivity index (χ0n) is 19.0. The van der Waals surface area contributed by atoms with E-state index in [1.165, 1.54) is 11.3 Å². The molecule has 3 aromatic heterocycles. The first kappa shape index (κ1) is 22.3. The summed E-state index contributed by atoms with van der Waals surface area (Å²) in [5.41, 5.74) is 4.60. The van der Waals surface area contributed by atoms with Crippen molar-refractivity contribution in [2.75, 3.05) is 4.90 Å². The topological polar surface area (TPSA) is 59.0 Å². The molecule has 5 nitrogen and oxygen atoms in total. The van der Waals surface area contributed by atoms with Crippen molar-refractivity contribution >= 4 is 55.1 Å². The Morgan fingerprint density at radius 2 is 1.72 bits per heavy atom. The van der Waals surface area contributed by atoms with Gasteiger partial charge in [0.25, 0.3) is 5.91 Å². The zero-order valence-corrected chi connectivity index (χ0v) is 20.6. The molecule has 0 radical (unpaired) electrons. The molecule has 0 aliphatic rings. The average Bonchev–Trinajstić information content (AvgIpc) is 3.37. The van der Waals surface area contributed by atoms with Gasteiger partial charge in [-0.15, -0.1) is 0 Å².